The van der Waals surface area contributed by atoms with Crippen LogP contribution in [0.2, 0.25) is 0 Å². The van der Waals surface area contributed by atoms with E-state index in [9.17, 15) is 10.1 Å². The van der Waals surface area contributed by atoms with Crippen molar-refractivity contribution in [3.63, 3.8) is 0 Å². The van der Waals surface area contributed by atoms with Gasteiger partial charge < -0.3 is 4.74 Å². The fourth-order valence-corrected chi connectivity index (χ4v) is 1.21. The smallest absolute Gasteiger partial charge is 0.313 e. The molecule has 0 atom stereocenters. The Labute approximate surface area is 86.6 Å². The van der Waals surface area contributed by atoms with Gasteiger partial charge in [-0.2, -0.15) is 0 Å². The van der Waals surface area contributed by atoms with Crippen molar-refractivity contribution in [3.8, 4) is 5.75 Å². The summed E-state index contributed by atoms with van der Waals surface area (Å²) < 4.78 is 5.15. The minimum atomic E-state index is -0.446. The molecule has 0 aliphatic rings. The third-order valence-electron chi connectivity index (χ3n) is 1.72. The van der Waals surface area contributed by atoms with Gasteiger partial charge in [0.05, 0.1) is 10.8 Å². The molecule has 1 rings (SSSR count). The minimum Gasteiger partial charge on any atom is -0.486 e. The van der Waals surface area contributed by atoms with Crippen molar-refractivity contribution in [1.29, 1.82) is 0 Å². The fraction of sp³-hybridized carbons (Fsp3) is 0.333. The Bertz CT molecular complexity index is 341. The van der Waals surface area contributed by atoms with Crippen LogP contribution in [0.25, 0.3) is 0 Å². The van der Waals surface area contributed by atoms with Crippen molar-refractivity contribution in [2.75, 3.05) is 12.5 Å². The molecule has 1 aromatic carbocycles. The molecule has 0 saturated heterocycles. The highest BCUT2D eigenvalue weighted by molar-refractivity contribution is 6.18. The maximum Gasteiger partial charge on any atom is 0.313 e. The SMILES string of the molecule is Cc1cccc(OCCCl)c1[N+](=O)[O-]. The Morgan fingerprint density at radius 1 is 1.57 bits per heavy atom. The monoisotopic (exact) mass is 215 g/mol. The van der Waals surface area contributed by atoms with Gasteiger partial charge in [-0.3, -0.25) is 10.1 Å². The second kappa shape index (κ2) is 4.81. The summed E-state index contributed by atoms with van der Waals surface area (Å²) in [6.07, 6.45) is 0. The second-order valence-corrected chi connectivity index (χ2v) is 3.09. The summed E-state index contributed by atoms with van der Waals surface area (Å²) in [5, 5.41) is 10.7. The van der Waals surface area contributed by atoms with Crippen LogP contribution >= 0.6 is 11.6 Å². The van der Waals surface area contributed by atoms with E-state index < -0.39 is 4.92 Å². The van der Waals surface area contributed by atoms with Gasteiger partial charge in [0.2, 0.25) is 0 Å². The normalized spacial score (nSPS) is 9.86. The molecular formula is C9H10ClNO3. The average molecular weight is 216 g/mol. The van der Waals surface area contributed by atoms with E-state index in [1.54, 1.807) is 25.1 Å². The number of para-hydroxylation sites is 1. The summed E-state index contributed by atoms with van der Waals surface area (Å²) >= 11 is 5.43. The van der Waals surface area contributed by atoms with Crippen LogP contribution in [0, 0.1) is 17.0 Å². The van der Waals surface area contributed by atoms with E-state index in [4.69, 9.17) is 16.3 Å². The molecule has 0 aliphatic carbocycles. The predicted molar refractivity (Wildman–Crippen MR) is 54.0 cm³/mol. The number of halogens is 1. The summed E-state index contributed by atoms with van der Waals surface area (Å²) in [5.41, 5.74) is 0.597. The third kappa shape index (κ3) is 2.35. The number of hydrogen-bond acceptors (Lipinski definition) is 3. The number of aryl methyl sites for hydroxylation is 1. The number of rotatable bonds is 4. The Kier molecular flexibility index (Phi) is 3.71. The molecule has 0 aromatic heterocycles. The number of hydrogen-bond donors (Lipinski definition) is 0. The first-order valence-electron chi connectivity index (χ1n) is 4.09. The van der Waals surface area contributed by atoms with Crippen molar-refractivity contribution in [2.45, 2.75) is 6.92 Å². The molecule has 0 spiro atoms. The van der Waals surface area contributed by atoms with Gasteiger partial charge in [0.25, 0.3) is 0 Å². The molecule has 5 heteroatoms. The number of ether oxygens (including phenoxy) is 1. The Balaban J connectivity index is 3.02. The largest absolute Gasteiger partial charge is 0.486 e. The molecular weight excluding hydrogens is 206 g/mol. The number of nitro groups is 1. The van der Waals surface area contributed by atoms with E-state index in [-0.39, 0.29) is 18.0 Å². The van der Waals surface area contributed by atoms with Crippen LogP contribution in [0.5, 0.6) is 5.75 Å². The van der Waals surface area contributed by atoms with Gasteiger partial charge in [0.1, 0.15) is 6.61 Å². The standard InChI is InChI=1S/C9H10ClNO3/c1-7-3-2-4-8(14-6-5-10)9(7)11(12)13/h2-4H,5-6H2,1H3. The highest BCUT2D eigenvalue weighted by Crippen LogP contribution is 2.29. The zero-order valence-corrected chi connectivity index (χ0v) is 8.45. The van der Waals surface area contributed by atoms with E-state index in [1.807, 2.05) is 0 Å². The molecule has 1 aromatic rings. The molecule has 0 fully saturated rings. The van der Waals surface area contributed by atoms with Crippen LogP contribution in [0.4, 0.5) is 5.69 Å². The van der Waals surface area contributed by atoms with Gasteiger partial charge >= 0.3 is 5.69 Å². The number of nitro benzene ring substituents is 1. The molecule has 0 radical (unpaired) electrons. The van der Waals surface area contributed by atoms with Crippen LogP contribution in [0.1, 0.15) is 5.56 Å². The van der Waals surface area contributed by atoms with Crippen LogP contribution in [-0.4, -0.2) is 17.4 Å². The minimum absolute atomic E-state index is 0.0117. The first-order chi connectivity index (χ1) is 6.66. The highest BCUT2D eigenvalue weighted by atomic mass is 35.5. The van der Waals surface area contributed by atoms with Crippen LogP contribution in [0.3, 0.4) is 0 Å². The quantitative estimate of drug-likeness (QED) is 0.441. The van der Waals surface area contributed by atoms with Gasteiger partial charge in [0.15, 0.2) is 5.75 Å². The van der Waals surface area contributed by atoms with E-state index in [1.165, 1.54) is 0 Å². The molecule has 0 heterocycles. The van der Waals surface area contributed by atoms with Crippen molar-refractivity contribution < 1.29 is 9.66 Å². The molecule has 0 aliphatic heterocycles. The second-order valence-electron chi connectivity index (χ2n) is 2.72. The highest BCUT2D eigenvalue weighted by Gasteiger charge is 2.17. The Morgan fingerprint density at radius 3 is 2.86 bits per heavy atom. The number of nitrogens with zero attached hydrogens (tertiary/aromatic N) is 1. The van der Waals surface area contributed by atoms with Crippen LogP contribution in [-0.2, 0) is 0 Å². The lowest BCUT2D eigenvalue weighted by Gasteiger charge is -2.05. The van der Waals surface area contributed by atoms with Crippen molar-refractivity contribution in [3.05, 3.63) is 33.9 Å². The zero-order valence-electron chi connectivity index (χ0n) is 7.70. The summed E-state index contributed by atoms with van der Waals surface area (Å²) in [6, 6.07) is 4.95. The summed E-state index contributed by atoms with van der Waals surface area (Å²) in [6.45, 7) is 1.94. The van der Waals surface area contributed by atoms with E-state index in [0.29, 0.717) is 11.4 Å². The zero-order chi connectivity index (χ0) is 10.6. The number of benzene rings is 1. The number of alkyl halides is 1. The summed E-state index contributed by atoms with van der Waals surface area (Å²) in [5.74, 6) is 0.584. The topological polar surface area (TPSA) is 52.4 Å². The molecule has 14 heavy (non-hydrogen) atoms. The van der Waals surface area contributed by atoms with Crippen molar-refractivity contribution in [1.82, 2.24) is 0 Å². The lowest BCUT2D eigenvalue weighted by atomic mass is 10.2. The predicted octanol–water partition coefficient (Wildman–Crippen LogP) is 2.52. The molecule has 0 bridgehead atoms. The Morgan fingerprint density at radius 2 is 2.29 bits per heavy atom. The molecule has 4 nitrogen and oxygen atoms in total. The van der Waals surface area contributed by atoms with Crippen molar-refractivity contribution >= 4 is 17.3 Å². The summed E-state index contributed by atoms with van der Waals surface area (Å²) in [4.78, 5) is 10.3. The van der Waals surface area contributed by atoms with Gasteiger partial charge in [-0.25, -0.2) is 0 Å². The van der Waals surface area contributed by atoms with Gasteiger partial charge in [-0.05, 0) is 13.0 Å². The van der Waals surface area contributed by atoms with Crippen LogP contribution < -0.4 is 4.74 Å². The lowest BCUT2D eigenvalue weighted by molar-refractivity contribution is -0.386. The van der Waals surface area contributed by atoms with Crippen LogP contribution in [0.15, 0.2) is 18.2 Å². The lowest BCUT2D eigenvalue weighted by Crippen LogP contribution is -2.02. The third-order valence-corrected chi connectivity index (χ3v) is 1.87. The van der Waals surface area contributed by atoms with E-state index in [2.05, 4.69) is 0 Å². The average Bonchev–Trinajstić information content (AvgIpc) is 2.14. The Hall–Kier alpha value is -1.29. The molecule has 0 N–H and O–H groups in total. The summed E-state index contributed by atoms with van der Waals surface area (Å²) in [7, 11) is 0. The maximum atomic E-state index is 10.7. The molecule has 0 amide bonds. The fourth-order valence-electron chi connectivity index (χ4n) is 1.13. The van der Waals surface area contributed by atoms with Gasteiger partial charge in [-0.15, -0.1) is 11.6 Å². The molecule has 0 unspecified atom stereocenters. The molecule has 76 valence electrons. The first kappa shape index (κ1) is 10.8. The molecule has 0 saturated carbocycles. The first-order valence-corrected chi connectivity index (χ1v) is 4.63. The van der Waals surface area contributed by atoms with E-state index >= 15 is 0 Å². The van der Waals surface area contributed by atoms with Gasteiger partial charge in [-0.1, -0.05) is 12.1 Å². The maximum absolute atomic E-state index is 10.7. The van der Waals surface area contributed by atoms with Gasteiger partial charge in [0, 0.05) is 5.56 Å². The van der Waals surface area contributed by atoms with Crippen molar-refractivity contribution in [2.24, 2.45) is 0 Å². The van der Waals surface area contributed by atoms with E-state index in [0.717, 1.165) is 0 Å².